The summed E-state index contributed by atoms with van der Waals surface area (Å²) in [5, 5.41) is 6.85. The first-order valence-corrected chi connectivity index (χ1v) is 13.7. The number of methoxy groups -OCH3 is 2. The zero-order chi connectivity index (χ0) is 28.5. The Balaban J connectivity index is 1.30. The molecule has 1 saturated heterocycles. The first kappa shape index (κ1) is 28.2. The molecule has 2 atom stereocenters. The van der Waals surface area contributed by atoms with Crippen molar-refractivity contribution in [2.75, 3.05) is 40.7 Å². The zero-order valence-electron chi connectivity index (χ0n) is 23.4. The largest absolute Gasteiger partial charge is 0.493 e. The van der Waals surface area contributed by atoms with Gasteiger partial charge in [-0.15, -0.1) is 0 Å². The fourth-order valence-electron chi connectivity index (χ4n) is 5.50. The predicted molar refractivity (Wildman–Crippen MR) is 152 cm³/mol. The van der Waals surface area contributed by atoms with Crippen molar-refractivity contribution in [3.05, 3.63) is 78.5 Å². The maximum absolute atomic E-state index is 13.4. The summed E-state index contributed by atoms with van der Waals surface area (Å²) in [5.41, 5.74) is 2.17. The van der Waals surface area contributed by atoms with Crippen LogP contribution in [0.2, 0.25) is 0 Å². The van der Waals surface area contributed by atoms with E-state index in [1.807, 2.05) is 36.4 Å². The minimum absolute atomic E-state index is 0.118. The zero-order valence-corrected chi connectivity index (χ0v) is 23.4. The molecule has 0 spiro atoms. The third-order valence-corrected chi connectivity index (χ3v) is 7.52. The predicted octanol–water partition coefficient (Wildman–Crippen LogP) is 3.87. The van der Waals surface area contributed by atoms with Gasteiger partial charge in [0.15, 0.2) is 18.1 Å². The number of nitrogens with zero attached hydrogens (tertiary/aromatic N) is 2. The van der Waals surface area contributed by atoms with Crippen LogP contribution >= 0.6 is 0 Å². The molecule has 1 fully saturated rings. The van der Waals surface area contributed by atoms with Crippen molar-refractivity contribution in [1.29, 1.82) is 0 Å². The fourth-order valence-corrected chi connectivity index (χ4v) is 5.50. The van der Waals surface area contributed by atoms with E-state index in [2.05, 4.69) is 32.7 Å². The summed E-state index contributed by atoms with van der Waals surface area (Å²) in [4.78, 5) is 22.1. The maximum atomic E-state index is 13.4. The van der Waals surface area contributed by atoms with E-state index in [4.69, 9.17) is 23.7 Å². The molecule has 2 aromatic carbocycles. The minimum atomic E-state index is -0.604. The first-order chi connectivity index (χ1) is 20.1. The molecule has 2 N–H and O–H groups in total. The Morgan fingerprint density at radius 3 is 2.54 bits per heavy atom. The van der Waals surface area contributed by atoms with Crippen molar-refractivity contribution in [1.82, 2.24) is 20.6 Å². The second-order valence-electron chi connectivity index (χ2n) is 10.2. The third-order valence-electron chi connectivity index (χ3n) is 7.52. The smallest absolute Gasteiger partial charge is 0.316 e. The van der Waals surface area contributed by atoms with Gasteiger partial charge in [0.1, 0.15) is 12.0 Å². The Hall–Kier alpha value is -4.31. The van der Waals surface area contributed by atoms with E-state index in [0.29, 0.717) is 24.3 Å². The minimum Gasteiger partial charge on any atom is -0.493 e. The number of carbonyl (C=O) groups excluding carboxylic acids is 1. The summed E-state index contributed by atoms with van der Waals surface area (Å²) in [6.45, 7) is 1.73. The van der Waals surface area contributed by atoms with Crippen LogP contribution in [0.3, 0.4) is 0 Å². The molecular weight excluding hydrogens is 524 g/mol. The van der Waals surface area contributed by atoms with Crippen LogP contribution in [0.5, 0.6) is 17.5 Å². The summed E-state index contributed by atoms with van der Waals surface area (Å²) in [5.74, 6) is 1.90. The molecule has 10 heteroatoms. The number of nitrogens with one attached hydrogen (secondary N) is 2. The fraction of sp³-hybridized carbons (Fsp3) is 0.387. The van der Waals surface area contributed by atoms with Gasteiger partial charge in [-0.3, -0.25) is 4.79 Å². The van der Waals surface area contributed by atoms with Crippen LogP contribution in [0.15, 0.2) is 72.9 Å². The van der Waals surface area contributed by atoms with E-state index in [1.54, 1.807) is 32.9 Å². The molecule has 3 aromatic rings. The van der Waals surface area contributed by atoms with Crippen LogP contribution in [0, 0.1) is 5.92 Å². The Labute approximate surface area is 240 Å². The third kappa shape index (κ3) is 7.07. The second kappa shape index (κ2) is 13.4. The molecule has 10 nitrogen and oxygen atoms in total. The molecule has 0 radical (unpaired) electrons. The number of aromatic nitrogens is 2. The van der Waals surface area contributed by atoms with Crippen LogP contribution < -0.4 is 24.8 Å². The lowest BCUT2D eigenvalue weighted by Gasteiger charge is -2.43. The molecule has 2 aliphatic rings. The number of hydrogen-bond donors (Lipinski definition) is 2. The second-order valence-corrected chi connectivity index (χ2v) is 10.2. The molecule has 1 aromatic heterocycles. The molecule has 0 saturated carbocycles. The molecule has 216 valence electrons. The summed E-state index contributed by atoms with van der Waals surface area (Å²) < 4.78 is 27.5. The normalized spacial score (nSPS) is 17.8. The average Bonchev–Trinajstić information content (AvgIpc) is 3.53. The monoisotopic (exact) mass is 560 g/mol. The number of rotatable bonds is 12. The van der Waals surface area contributed by atoms with E-state index in [0.717, 1.165) is 48.4 Å². The average molecular weight is 561 g/mol. The highest BCUT2D eigenvalue weighted by Gasteiger charge is 2.42. The van der Waals surface area contributed by atoms with Crippen molar-refractivity contribution < 1.29 is 28.5 Å². The Morgan fingerprint density at radius 2 is 1.85 bits per heavy atom. The highest BCUT2D eigenvalue weighted by Crippen LogP contribution is 2.35. The van der Waals surface area contributed by atoms with Crippen molar-refractivity contribution in [3.63, 3.8) is 0 Å². The van der Waals surface area contributed by atoms with E-state index in [-0.39, 0.29) is 31.2 Å². The van der Waals surface area contributed by atoms with Crippen LogP contribution in [0.4, 0.5) is 0 Å². The standard InChI is InChI=1S/C31H36N4O6/c1-37-27-11-10-23(13-28(27)38-2)24-16-33-30(34-17-24)40-20-29(36)35-31(15-26-19-39-21-41-26,25-9-6-12-32-18-25)14-22-7-4-3-5-8-22/h3-5,7-8,10-11,13,16-17,19,25,32H,6,9,12,14-15,18,20-21H2,1-2H3,(H,35,36). The summed E-state index contributed by atoms with van der Waals surface area (Å²) >= 11 is 0. The van der Waals surface area contributed by atoms with Gasteiger partial charge in [0.25, 0.3) is 5.91 Å². The summed E-state index contributed by atoms with van der Waals surface area (Å²) in [7, 11) is 3.18. The number of amides is 1. The van der Waals surface area contributed by atoms with Crippen molar-refractivity contribution in [3.8, 4) is 28.6 Å². The Bertz CT molecular complexity index is 1330. The van der Waals surface area contributed by atoms with Crippen molar-refractivity contribution in [2.24, 2.45) is 5.92 Å². The van der Waals surface area contributed by atoms with Crippen LogP contribution in [0.25, 0.3) is 11.1 Å². The Morgan fingerprint density at radius 1 is 1.05 bits per heavy atom. The highest BCUT2D eigenvalue weighted by atomic mass is 16.7. The lowest BCUT2D eigenvalue weighted by Crippen LogP contribution is -2.60. The van der Waals surface area contributed by atoms with Gasteiger partial charge in [0, 0.05) is 30.9 Å². The van der Waals surface area contributed by atoms with Gasteiger partial charge in [-0.05, 0) is 55.0 Å². The number of carbonyl (C=O) groups is 1. The molecule has 3 heterocycles. The van der Waals surface area contributed by atoms with Gasteiger partial charge in [0.05, 0.1) is 19.8 Å². The summed E-state index contributed by atoms with van der Waals surface area (Å²) in [6.07, 6.45) is 8.11. The van der Waals surface area contributed by atoms with E-state index >= 15 is 0 Å². The molecule has 0 bridgehead atoms. The molecular formula is C31H36N4O6. The van der Waals surface area contributed by atoms with Gasteiger partial charge >= 0.3 is 6.01 Å². The van der Waals surface area contributed by atoms with Gasteiger partial charge in [-0.1, -0.05) is 36.4 Å². The van der Waals surface area contributed by atoms with Crippen LogP contribution in [-0.2, 0) is 20.7 Å². The first-order valence-electron chi connectivity index (χ1n) is 13.7. The molecule has 5 rings (SSSR count). The quantitative estimate of drug-likeness (QED) is 0.341. The topological polar surface area (TPSA) is 113 Å². The number of hydrogen-bond acceptors (Lipinski definition) is 9. The maximum Gasteiger partial charge on any atom is 0.316 e. The van der Waals surface area contributed by atoms with E-state index < -0.39 is 5.54 Å². The van der Waals surface area contributed by atoms with Crippen molar-refractivity contribution >= 4 is 5.91 Å². The lowest BCUT2D eigenvalue weighted by atomic mass is 9.72. The molecule has 0 aliphatic carbocycles. The molecule has 1 amide bonds. The number of piperidine rings is 1. The Kier molecular flexibility index (Phi) is 9.20. The van der Waals surface area contributed by atoms with Crippen molar-refractivity contribution in [2.45, 2.75) is 31.2 Å². The van der Waals surface area contributed by atoms with Gasteiger partial charge in [0.2, 0.25) is 6.79 Å². The van der Waals surface area contributed by atoms with Gasteiger partial charge in [-0.25, -0.2) is 9.97 Å². The van der Waals surface area contributed by atoms with Gasteiger partial charge < -0.3 is 34.3 Å². The lowest BCUT2D eigenvalue weighted by molar-refractivity contribution is -0.126. The van der Waals surface area contributed by atoms with Crippen LogP contribution in [-0.4, -0.2) is 62.1 Å². The number of ether oxygens (including phenoxy) is 5. The molecule has 2 aliphatic heterocycles. The van der Waals surface area contributed by atoms with E-state index in [9.17, 15) is 4.79 Å². The number of benzene rings is 2. The highest BCUT2D eigenvalue weighted by molar-refractivity contribution is 5.78. The molecule has 41 heavy (non-hydrogen) atoms. The SMILES string of the molecule is COc1ccc(-c2cnc(OCC(=O)NC(CC3=COCO3)(Cc3ccccc3)C3CCCNC3)nc2)cc1OC. The van der Waals surface area contributed by atoms with E-state index in [1.165, 1.54) is 0 Å². The molecule has 2 unspecified atom stereocenters. The summed E-state index contributed by atoms with van der Waals surface area (Å²) in [6, 6.07) is 15.9. The van der Waals surface area contributed by atoms with Crippen LogP contribution in [0.1, 0.15) is 24.8 Å². The van der Waals surface area contributed by atoms with Gasteiger partial charge in [-0.2, -0.15) is 0 Å².